The van der Waals surface area contributed by atoms with E-state index in [1.165, 1.54) is 24.1 Å². The molecule has 1 nitrogen and oxygen atoms in total. The Morgan fingerprint density at radius 2 is 2.40 bits per heavy atom. The van der Waals surface area contributed by atoms with Crippen molar-refractivity contribution in [2.45, 2.75) is 30.6 Å². The summed E-state index contributed by atoms with van der Waals surface area (Å²) >= 11 is 9.62. The summed E-state index contributed by atoms with van der Waals surface area (Å²) in [4.78, 5) is 1.33. The van der Waals surface area contributed by atoms with Crippen molar-refractivity contribution in [3.63, 3.8) is 0 Å². The monoisotopic (exact) mass is 261 g/mol. The van der Waals surface area contributed by atoms with Gasteiger partial charge in [0.05, 0.1) is 5.02 Å². The number of hydrogen-bond donors (Lipinski definition) is 1. The highest BCUT2D eigenvalue weighted by molar-refractivity contribution is 8.00. The van der Waals surface area contributed by atoms with Crippen LogP contribution < -0.4 is 5.32 Å². The molecule has 1 aliphatic carbocycles. The van der Waals surface area contributed by atoms with Gasteiger partial charge in [0.15, 0.2) is 0 Å². The lowest BCUT2D eigenvalue weighted by Crippen LogP contribution is -2.43. The van der Waals surface area contributed by atoms with E-state index < -0.39 is 0 Å². The fourth-order valence-electron chi connectivity index (χ4n) is 1.88. The summed E-state index contributed by atoms with van der Waals surface area (Å²) in [6.07, 6.45) is 6.36. The molecule has 1 N–H and O–H groups in total. The normalized spacial score (nSPS) is 18.8. The number of thiophene rings is 1. The van der Waals surface area contributed by atoms with Gasteiger partial charge in [0, 0.05) is 28.1 Å². The zero-order chi connectivity index (χ0) is 10.7. The molecule has 0 radical (unpaired) electrons. The molecule has 0 unspecified atom stereocenters. The van der Waals surface area contributed by atoms with Gasteiger partial charge in [0.2, 0.25) is 0 Å². The molecular formula is C11H16ClNS2. The minimum Gasteiger partial charge on any atom is -0.310 e. The van der Waals surface area contributed by atoms with E-state index in [2.05, 4.69) is 11.6 Å². The molecule has 0 atom stereocenters. The van der Waals surface area contributed by atoms with E-state index in [0.717, 1.165) is 18.1 Å². The molecule has 15 heavy (non-hydrogen) atoms. The molecule has 0 bridgehead atoms. The lowest BCUT2D eigenvalue weighted by Gasteiger charge is -2.40. The second kappa shape index (κ2) is 5.09. The van der Waals surface area contributed by atoms with Crippen LogP contribution in [0.2, 0.25) is 5.02 Å². The van der Waals surface area contributed by atoms with Crippen molar-refractivity contribution in [1.29, 1.82) is 0 Å². The van der Waals surface area contributed by atoms with Crippen molar-refractivity contribution >= 4 is 34.7 Å². The van der Waals surface area contributed by atoms with Crippen LogP contribution in [0.1, 0.15) is 24.1 Å². The van der Waals surface area contributed by atoms with E-state index in [9.17, 15) is 0 Å². The van der Waals surface area contributed by atoms with Crippen LogP contribution in [0.25, 0.3) is 0 Å². The highest BCUT2D eigenvalue weighted by Gasteiger charge is 2.35. The third kappa shape index (κ3) is 2.90. The Morgan fingerprint density at radius 3 is 2.87 bits per heavy atom. The fraction of sp³-hybridized carbons (Fsp3) is 0.636. The summed E-state index contributed by atoms with van der Waals surface area (Å²) in [5.41, 5.74) is 0. The van der Waals surface area contributed by atoms with Crippen molar-refractivity contribution in [3.05, 3.63) is 21.3 Å². The summed E-state index contributed by atoms with van der Waals surface area (Å²) in [6, 6.07) is 2.05. The molecule has 1 aromatic rings. The van der Waals surface area contributed by atoms with Gasteiger partial charge in [-0.3, -0.25) is 0 Å². The largest absolute Gasteiger partial charge is 0.310 e. The van der Waals surface area contributed by atoms with Gasteiger partial charge in [-0.15, -0.1) is 11.3 Å². The summed E-state index contributed by atoms with van der Waals surface area (Å²) in [5, 5.41) is 6.39. The first kappa shape index (κ1) is 11.8. The average Bonchev–Trinajstić information content (AvgIpc) is 2.56. The van der Waals surface area contributed by atoms with Gasteiger partial charge in [-0.25, -0.2) is 0 Å². The lowest BCUT2D eigenvalue weighted by atomic mass is 9.84. The predicted molar refractivity (Wildman–Crippen MR) is 71.1 cm³/mol. The maximum Gasteiger partial charge on any atom is 0.0516 e. The van der Waals surface area contributed by atoms with Crippen molar-refractivity contribution in [2.24, 2.45) is 0 Å². The lowest BCUT2D eigenvalue weighted by molar-refractivity contribution is 0.346. The molecule has 4 heteroatoms. The van der Waals surface area contributed by atoms with Crippen molar-refractivity contribution < 1.29 is 0 Å². The quantitative estimate of drug-likeness (QED) is 0.866. The Balaban J connectivity index is 1.74. The maximum absolute atomic E-state index is 5.87. The second-order valence-electron chi connectivity index (χ2n) is 4.08. The standard InChI is InChI=1S/C11H16ClNS2/c1-14-11(3-2-4-11)8-13-6-10-5-9(12)7-15-10/h5,7,13H,2-4,6,8H2,1H3. The van der Waals surface area contributed by atoms with Crippen LogP contribution in [0, 0.1) is 0 Å². The summed E-state index contributed by atoms with van der Waals surface area (Å²) in [5.74, 6) is 0. The molecule has 0 aromatic carbocycles. The average molecular weight is 262 g/mol. The van der Waals surface area contributed by atoms with Crippen LogP contribution >= 0.6 is 34.7 Å². The molecule has 0 aliphatic heterocycles. The highest BCUT2D eigenvalue weighted by atomic mass is 35.5. The van der Waals surface area contributed by atoms with Gasteiger partial charge in [0.25, 0.3) is 0 Å². The number of hydrogen-bond acceptors (Lipinski definition) is 3. The van der Waals surface area contributed by atoms with Crippen LogP contribution in [0.15, 0.2) is 11.4 Å². The van der Waals surface area contributed by atoms with Gasteiger partial charge in [0.1, 0.15) is 0 Å². The second-order valence-corrected chi connectivity index (χ2v) is 6.78. The van der Waals surface area contributed by atoms with Crippen LogP contribution in [-0.2, 0) is 6.54 Å². The molecule has 2 rings (SSSR count). The Kier molecular flexibility index (Phi) is 3.99. The van der Waals surface area contributed by atoms with Gasteiger partial charge in [-0.05, 0) is 25.2 Å². The molecule has 1 heterocycles. The van der Waals surface area contributed by atoms with E-state index in [-0.39, 0.29) is 0 Å². The topological polar surface area (TPSA) is 12.0 Å². The van der Waals surface area contributed by atoms with Gasteiger partial charge in [-0.2, -0.15) is 11.8 Å². The zero-order valence-electron chi connectivity index (χ0n) is 8.88. The highest BCUT2D eigenvalue weighted by Crippen LogP contribution is 2.42. The smallest absolute Gasteiger partial charge is 0.0516 e. The molecule has 0 amide bonds. The summed E-state index contributed by atoms with van der Waals surface area (Å²) in [6.45, 7) is 2.09. The van der Waals surface area contributed by atoms with E-state index in [1.807, 2.05) is 23.2 Å². The summed E-state index contributed by atoms with van der Waals surface area (Å²) < 4.78 is 0.529. The minimum absolute atomic E-state index is 0.529. The van der Waals surface area contributed by atoms with Crippen LogP contribution in [-0.4, -0.2) is 17.5 Å². The van der Waals surface area contributed by atoms with E-state index in [0.29, 0.717) is 4.75 Å². The molecule has 0 saturated heterocycles. The zero-order valence-corrected chi connectivity index (χ0v) is 11.3. The number of halogens is 1. The van der Waals surface area contributed by atoms with E-state index >= 15 is 0 Å². The third-order valence-electron chi connectivity index (χ3n) is 3.07. The predicted octanol–water partition coefficient (Wildman–Crippen LogP) is 3.78. The van der Waals surface area contributed by atoms with Crippen molar-refractivity contribution in [1.82, 2.24) is 5.32 Å². The Hall–Kier alpha value is 0.300. The third-order valence-corrected chi connectivity index (χ3v) is 5.77. The van der Waals surface area contributed by atoms with E-state index in [4.69, 9.17) is 11.6 Å². The first-order valence-electron chi connectivity index (χ1n) is 5.23. The van der Waals surface area contributed by atoms with Crippen LogP contribution in [0.5, 0.6) is 0 Å². The fourth-order valence-corrected chi connectivity index (χ4v) is 3.87. The van der Waals surface area contributed by atoms with Gasteiger partial charge < -0.3 is 5.32 Å². The summed E-state index contributed by atoms with van der Waals surface area (Å²) in [7, 11) is 0. The van der Waals surface area contributed by atoms with Crippen LogP contribution in [0.4, 0.5) is 0 Å². The number of thioether (sulfide) groups is 1. The van der Waals surface area contributed by atoms with Crippen LogP contribution in [0.3, 0.4) is 0 Å². The SMILES string of the molecule is CSC1(CNCc2cc(Cl)cs2)CCC1. The van der Waals surface area contributed by atoms with Gasteiger partial charge >= 0.3 is 0 Å². The Bertz CT molecular complexity index is 315. The van der Waals surface area contributed by atoms with Crippen molar-refractivity contribution in [2.75, 3.05) is 12.8 Å². The molecule has 0 spiro atoms. The molecule has 1 aliphatic rings. The molecule has 1 aromatic heterocycles. The number of rotatable bonds is 5. The Morgan fingerprint density at radius 1 is 1.60 bits per heavy atom. The maximum atomic E-state index is 5.87. The first-order valence-corrected chi connectivity index (χ1v) is 7.71. The molecule has 1 fully saturated rings. The molecule has 84 valence electrons. The van der Waals surface area contributed by atoms with Gasteiger partial charge in [-0.1, -0.05) is 18.0 Å². The first-order chi connectivity index (χ1) is 7.24. The number of nitrogens with one attached hydrogen (secondary N) is 1. The van der Waals surface area contributed by atoms with E-state index in [1.54, 1.807) is 11.3 Å². The minimum atomic E-state index is 0.529. The van der Waals surface area contributed by atoms with Crippen molar-refractivity contribution in [3.8, 4) is 0 Å². The molecular weight excluding hydrogens is 246 g/mol. The molecule has 1 saturated carbocycles. The Labute approximate surface area is 105 Å².